The summed E-state index contributed by atoms with van der Waals surface area (Å²) in [5.74, 6) is -0.877. The lowest BCUT2D eigenvalue weighted by atomic mass is 10.0. The van der Waals surface area contributed by atoms with E-state index in [0.29, 0.717) is 18.5 Å². The van der Waals surface area contributed by atoms with Crippen molar-refractivity contribution >= 4 is 17.5 Å². The number of nitrogens with zero attached hydrogens (tertiary/aromatic N) is 1. The molecule has 1 aromatic carbocycles. The molecule has 114 valence electrons. The molecule has 0 aromatic heterocycles. The van der Waals surface area contributed by atoms with Crippen molar-refractivity contribution in [3.63, 3.8) is 0 Å². The smallest absolute Gasteiger partial charge is 0.250 e. The lowest BCUT2D eigenvalue weighted by molar-refractivity contribution is -0.134. The van der Waals surface area contributed by atoms with E-state index >= 15 is 0 Å². The molecule has 1 N–H and O–H groups in total. The standard InChI is InChI=1S/C15H19FN2O3/c1-4-11-15(20)18(12(5-2)14(19)17-11)9-6-7-13(21-3)10(16)8-9/h6-8,11-12H,4-5H2,1-3H3,(H,17,19). The Morgan fingerprint density at radius 2 is 2.00 bits per heavy atom. The Balaban J connectivity index is 2.43. The van der Waals surface area contributed by atoms with Crippen molar-refractivity contribution in [1.82, 2.24) is 5.32 Å². The summed E-state index contributed by atoms with van der Waals surface area (Å²) in [6.45, 7) is 3.64. The van der Waals surface area contributed by atoms with Gasteiger partial charge in [0.15, 0.2) is 11.6 Å². The third-order valence-corrected chi connectivity index (χ3v) is 3.67. The summed E-state index contributed by atoms with van der Waals surface area (Å²) in [7, 11) is 1.37. The Labute approximate surface area is 123 Å². The zero-order valence-electron chi connectivity index (χ0n) is 12.4. The quantitative estimate of drug-likeness (QED) is 0.922. The van der Waals surface area contributed by atoms with Crippen LogP contribution in [0.2, 0.25) is 0 Å². The number of halogens is 1. The number of carbonyl (C=O) groups is 2. The van der Waals surface area contributed by atoms with Crippen molar-refractivity contribution < 1.29 is 18.7 Å². The Morgan fingerprint density at radius 3 is 2.52 bits per heavy atom. The molecule has 2 atom stereocenters. The molecule has 1 aliphatic rings. The van der Waals surface area contributed by atoms with Crippen molar-refractivity contribution in [2.45, 2.75) is 38.8 Å². The minimum absolute atomic E-state index is 0.104. The van der Waals surface area contributed by atoms with Gasteiger partial charge in [-0.15, -0.1) is 0 Å². The Morgan fingerprint density at radius 1 is 1.29 bits per heavy atom. The van der Waals surface area contributed by atoms with Crippen LogP contribution in [0.5, 0.6) is 5.75 Å². The number of rotatable bonds is 4. The molecule has 1 saturated heterocycles. The number of methoxy groups -OCH3 is 1. The van der Waals surface area contributed by atoms with Gasteiger partial charge >= 0.3 is 0 Å². The van der Waals surface area contributed by atoms with Crippen LogP contribution < -0.4 is 15.0 Å². The summed E-state index contributed by atoms with van der Waals surface area (Å²) in [6.07, 6.45) is 0.956. The van der Waals surface area contributed by atoms with E-state index in [1.54, 1.807) is 6.07 Å². The molecule has 1 aromatic rings. The van der Waals surface area contributed by atoms with Crippen molar-refractivity contribution in [3.05, 3.63) is 24.0 Å². The summed E-state index contributed by atoms with van der Waals surface area (Å²) in [5, 5.41) is 2.71. The van der Waals surface area contributed by atoms with Gasteiger partial charge in [0.25, 0.3) is 0 Å². The molecule has 0 spiro atoms. The van der Waals surface area contributed by atoms with E-state index in [4.69, 9.17) is 4.74 Å². The molecule has 2 amide bonds. The second-order valence-electron chi connectivity index (χ2n) is 4.92. The Bertz CT molecular complexity index is 562. The largest absolute Gasteiger partial charge is 0.494 e. The molecular formula is C15H19FN2O3. The van der Waals surface area contributed by atoms with Crippen LogP contribution in [0.1, 0.15) is 26.7 Å². The number of hydrogen-bond donors (Lipinski definition) is 1. The first-order valence-corrected chi connectivity index (χ1v) is 7.00. The van der Waals surface area contributed by atoms with E-state index < -0.39 is 17.9 Å². The molecule has 0 radical (unpaired) electrons. The Hall–Kier alpha value is -2.11. The van der Waals surface area contributed by atoms with E-state index in [2.05, 4.69) is 5.32 Å². The van der Waals surface area contributed by atoms with Gasteiger partial charge in [-0.25, -0.2) is 4.39 Å². The summed E-state index contributed by atoms with van der Waals surface area (Å²) in [5.41, 5.74) is 0.374. The van der Waals surface area contributed by atoms with Crippen LogP contribution in [0.25, 0.3) is 0 Å². The van der Waals surface area contributed by atoms with Crippen LogP contribution in [0.15, 0.2) is 18.2 Å². The average molecular weight is 294 g/mol. The number of carbonyl (C=O) groups excluding carboxylic acids is 2. The summed E-state index contributed by atoms with van der Waals surface area (Å²) >= 11 is 0. The predicted octanol–water partition coefficient (Wildman–Crippen LogP) is 1.85. The number of hydrogen-bond acceptors (Lipinski definition) is 3. The summed E-state index contributed by atoms with van der Waals surface area (Å²) < 4.78 is 18.7. The molecular weight excluding hydrogens is 275 g/mol. The van der Waals surface area contributed by atoms with E-state index in [1.165, 1.54) is 24.1 Å². The van der Waals surface area contributed by atoms with E-state index in [0.717, 1.165) is 0 Å². The Kier molecular flexibility index (Phi) is 4.45. The maximum Gasteiger partial charge on any atom is 0.250 e. The molecule has 1 heterocycles. The number of piperazine rings is 1. The van der Waals surface area contributed by atoms with Gasteiger partial charge in [0, 0.05) is 11.8 Å². The van der Waals surface area contributed by atoms with Crippen molar-refractivity contribution in [3.8, 4) is 5.75 Å². The average Bonchev–Trinajstić information content (AvgIpc) is 2.48. The van der Waals surface area contributed by atoms with Gasteiger partial charge in [0.2, 0.25) is 11.8 Å². The highest BCUT2D eigenvalue weighted by molar-refractivity contribution is 6.08. The molecule has 2 unspecified atom stereocenters. The van der Waals surface area contributed by atoms with Gasteiger partial charge in [0.05, 0.1) is 7.11 Å². The van der Waals surface area contributed by atoms with Crippen LogP contribution in [0, 0.1) is 5.82 Å². The fraction of sp³-hybridized carbons (Fsp3) is 0.467. The summed E-state index contributed by atoms with van der Waals surface area (Å²) in [4.78, 5) is 26.0. The normalized spacial score (nSPS) is 22.2. The zero-order chi connectivity index (χ0) is 15.6. The SMILES string of the molecule is CCC1NC(=O)C(CC)N(c2ccc(OC)c(F)c2)C1=O. The molecule has 1 fully saturated rings. The molecule has 5 nitrogen and oxygen atoms in total. The van der Waals surface area contributed by atoms with Crippen molar-refractivity contribution in [2.24, 2.45) is 0 Å². The second kappa shape index (κ2) is 6.11. The highest BCUT2D eigenvalue weighted by Gasteiger charge is 2.39. The molecule has 0 saturated carbocycles. The number of anilines is 1. The van der Waals surface area contributed by atoms with Crippen LogP contribution in [-0.2, 0) is 9.59 Å². The number of amides is 2. The molecule has 1 aliphatic heterocycles. The maximum absolute atomic E-state index is 13.9. The second-order valence-corrected chi connectivity index (χ2v) is 4.92. The van der Waals surface area contributed by atoms with E-state index in [-0.39, 0.29) is 17.6 Å². The molecule has 21 heavy (non-hydrogen) atoms. The zero-order valence-corrected chi connectivity index (χ0v) is 12.4. The summed E-state index contributed by atoms with van der Waals surface area (Å²) in [6, 6.07) is 3.09. The lowest BCUT2D eigenvalue weighted by Gasteiger charge is -2.38. The van der Waals surface area contributed by atoms with Crippen molar-refractivity contribution in [1.29, 1.82) is 0 Å². The van der Waals surface area contributed by atoms with Gasteiger partial charge in [-0.05, 0) is 25.0 Å². The fourth-order valence-corrected chi connectivity index (χ4v) is 2.53. The third-order valence-electron chi connectivity index (χ3n) is 3.67. The molecule has 0 bridgehead atoms. The van der Waals surface area contributed by atoms with Crippen LogP contribution in [0.4, 0.5) is 10.1 Å². The van der Waals surface area contributed by atoms with Crippen LogP contribution >= 0.6 is 0 Å². The van der Waals surface area contributed by atoms with E-state index in [1.807, 2.05) is 13.8 Å². The molecule has 6 heteroatoms. The molecule has 0 aliphatic carbocycles. The maximum atomic E-state index is 13.9. The minimum Gasteiger partial charge on any atom is -0.494 e. The van der Waals surface area contributed by atoms with Crippen LogP contribution in [0.3, 0.4) is 0 Å². The number of benzene rings is 1. The first kappa shape index (κ1) is 15.3. The van der Waals surface area contributed by atoms with Crippen molar-refractivity contribution in [2.75, 3.05) is 12.0 Å². The predicted molar refractivity (Wildman–Crippen MR) is 76.7 cm³/mol. The van der Waals surface area contributed by atoms with Gasteiger partial charge in [-0.1, -0.05) is 13.8 Å². The van der Waals surface area contributed by atoms with Gasteiger partial charge < -0.3 is 10.1 Å². The van der Waals surface area contributed by atoms with Gasteiger partial charge in [0.1, 0.15) is 12.1 Å². The van der Waals surface area contributed by atoms with E-state index in [9.17, 15) is 14.0 Å². The monoisotopic (exact) mass is 294 g/mol. The first-order chi connectivity index (χ1) is 10.0. The minimum atomic E-state index is -0.618. The number of nitrogens with one attached hydrogen (secondary N) is 1. The highest BCUT2D eigenvalue weighted by Crippen LogP contribution is 2.28. The van der Waals surface area contributed by atoms with Gasteiger partial charge in [-0.3, -0.25) is 14.5 Å². The van der Waals surface area contributed by atoms with Gasteiger partial charge in [-0.2, -0.15) is 0 Å². The highest BCUT2D eigenvalue weighted by atomic mass is 19.1. The first-order valence-electron chi connectivity index (χ1n) is 7.00. The fourth-order valence-electron chi connectivity index (χ4n) is 2.53. The third kappa shape index (κ3) is 2.70. The molecule has 2 rings (SSSR count). The lowest BCUT2D eigenvalue weighted by Crippen LogP contribution is -2.63. The van der Waals surface area contributed by atoms with Crippen LogP contribution in [-0.4, -0.2) is 31.0 Å². The number of ether oxygens (including phenoxy) is 1. The topological polar surface area (TPSA) is 58.6 Å².